The van der Waals surface area contributed by atoms with Crippen LogP contribution in [0.3, 0.4) is 0 Å². The first-order valence-corrected chi connectivity index (χ1v) is 8.21. The smallest absolute Gasteiger partial charge is 0.239 e. The van der Waals surface area contributed by atoms with Gasteiger partial charge >= 0.3 is 0 Å². The fraction of sp³-hybridized carbons (Fsp3) is 0.500. The van der Waals surface area contributed by atoms with Crippen LogP contribution < -0.4 is 4.90 Å². The molecule has 1 saturated heterocycles. The Morgan fingerprint density at radius 1 is 1.43 bits per heavy atom. The molecule has 0 radical (unpaired) electrons. The molecule has 7 heteroatoms. The van der Waals surface area contributed by atoms with E-state index in [9.17, 15) is 9.59 Å². The lowest BCUT2D eigenvalue weighted by atomic mass is 10.1. The molecule has 0 spiro atoms. The zero-order valence-electron chi connectivity index (χ0n) is 13.2. The molecule has 126 valence electrons. The van der Waals surface area contributed by atoms with Crippen molar-refractivity contribution in [2.24, 2.45) is 5.92 Å². The standard InChI is InChI=1S/C16H20Cl2N2O3/c1-19(7-3-9-23-2)15(21)12-6-8-20(16(12)22)14-10-11(17)4-5-13(14)18/h4-5,10,12H,3,6-9H2,1-2H3. The fourth-order valence-corrected chi connectivity index (χ4v) is 3.05. The van der Waals surface area contributed by atoms with Gasteiger partial charge in [-0.2, -0.15) is 0 Å². The molecule has 1 aliphatic rings. The van der Waals surface area contributed by atoms with Crippen LogP contribution in [0.4, 0.5) is 5.69 Å². The number of hydrogen-bond acceptors (Lipinski definition) is 3. The molecule has 1 heterocycles. The van der Waals surface area contributed by atoms with Gasteiger partial charge in [0, 0.05) is 38.9 Å². The lowest BCUT2D eigenvalue weighted by Gasteiger charge is -2.21. The Morgan fingerprint density at radius 3 is 2.87 bits per heavy atom. The minimum Gasteiger partial charge on any atom is -0.385 e. The highest BCUT2D eigenvalue weighted by molar-refractivity contribution is 6.36. The molecule has 0 aromatic heterocycles. The number of nitrogens with zero attached hydrogens (tertiary/aromatic N) is 2. The molecule has 0 bridgehead atoms. The molecule has 2 amide bonds. The van der Waals surface area contributed by atoms with Gasteiger partial charge in [-0.05, 0) is 31.0 Å². The Balaban J connectivity index is 2.06. The van der Waals surface area contributed by atoms with Crippen molar-refractivity contribution in [3.8, 4) is 0 Å². The zero-order chi connectivity index (χ0) is 17.0. The van der Waals surface area contributed by atoms with E-state index in [2.05, 4.69) is 0 Å². The van der Waals surface area contributed by atoms with Gasteiger partial charge in [-0.3, -0.25) is 9.59 Å². The third kappa shape index (κ3) is 4.16. The topological polar surface area (TPSA) is 49.9 Å². The molecular weight excluding hydrogens is 339 g/mol. The van der Waals surface area contributed by atoms with Gasteiger partial charge in [-0.15, -0.1) is 0 Å². The summed E-state index contributed by atoms with van der Waals surface area (Å²) in [5.41, 5.74) is 0.557. The number of anilines is 1. The summed E-state index contributed by atoms with van der Waals surface area (Å²) in [5, 5.41) is 0.952. The number of methoxy groups -OCH3 is 1. The molecule has 0 aliphatic carbocycles. The second-order valence-electron chi connectivity index (χ2n) is 5.53. The molecule has 0 saturated carbocycles. The number of carbonyl (C=O) groups is 2. The van der Waals surface area contributed by atoms with E-state index in [0.717, 1.165) is 6.42 Å². The number of ether oxygens (including phenoxy) is 1. The second kappa shape index (κ2) is 7.99. The number of hydrogen-bond donors (Lipinski definition) is 0. The fourth-order valence-electron chi connectivity index (χ4n) is 2.66. The average molecular weight is 359 g/mol. The Labute approximate surface area is 146 Å². The summed E-state index contributed by atoms with van der Waals surface area (Å²) in [7, 11) is 3.33. The monoisotopic (exact) mass is 358 g/mol. The van der Waals surface area contributed by atoms with Gasteiger partial charge in [0.25, 0.3) is 0 Å². The molecule has 1 aromatic rings. The van der Waals surface area contributed by atoms with E-state index in [1.54, 1.807) is 42.2 Å². The van der Waals surface area contributed by atoms with Gasteiger partial charge in [0.2, 0.25) is 11.8 Å². The van der Waals surface area contributed by atoms with E-state index < -0.39 is 5.92 Å². The third-order valence-corrected chi connectivity index (χ3v) is 4.48. The number of carbonyl (C=O) groups excluding carboxylic acids is 2. The largest absolute Gasteiger partial charge is 0.385 e. The van der Waals surface area contributed by atoms with E-state index in [1.807, 2.05) is 0 Å². The highest BCUT2D eigenvalue weighted by Crippen LogP contribution is 2.33. The minimum atomic E-state index is -0.655. The van der Waals surface area contributed by atoms with E-state index in [4.69, 9.17) is 27.9 Å². The van der Waals surface area contributed by atoms with Crippen molar-refractivity contribution in [2.45, 2.75) is 12.8 Å². The summed E-state index contributed by atoms with van der Waals surface area (Å²) in [4.78, 5) is 28.2. The molecule has 1 atom stereocenters. The van der Waals surface area contributed by atoms with E-state index in [-0.39, 0.29) is 11.8 Å². The van der Waals surface area contributed by atoms with E-state index in [1.165, 1.54) is 0 Å². The van der Waals surface area contributed by atoms with Crippen LogP contribution in [0.1, 0.15) is 12.8 Å². The minimum absolute atomic E-state index is 0.160. The second-order valence-corrected chi connectivity index (χ2v) is 6.38. The van der Waals surface area contributed by atoms with Crippen molar-refractivity contribution in [2.75, 3.05) is 38.8 Å². The average Bonchev–Trinajstić information content (AvgIpc) is 2.90. The molecule has 0 N–H and O–H groups in total. The SMILES string of the molecule is COCCCN(C)C(=O)C1CCN(c2cc(Cl)ccc2Cl)C1=O. The molecular formula is C16H20Cl2N2O3. The van der Waals surface area contributed by atoms with E-state index >= 15 is 0 Å². The van der Waals surface area contributed by atoms with Crippen LogP contribution in [0.5, 0.6) is 0 Å². The first-order chi connectivity index (χ1) is 11.0. The summed E-state index contributed by atoms with van der Waals surface area (Å²) in [5.74, 6) is -1.04. The number of halogens is 2. The van der Waals surface area contributed by atoms with Crippen molar-refractivity contribution < 1.29 is 14.3 Å². The van der Waals surface area contributed by atoms with Crippen molar-refractivity contribution >= 4 is 40.7 Å². The summed E-state index contributed by atoms with van der Waals surface area (Å²) in [6.07, 6.45) is 1.22. The van der Waals surface area contributed by atoms with Gasteiger partial charge in [-0.25, -0.2) is 0 Å². The van der Waals surface area contributed by atoms with Crippen LogP contribution in [0.25, 0.3) is 0 Å². The first kappa shape index (κ1) is 18.0. The van der Waals surface area contributed by atoms with Gasteiger partial charge in [0.05, 0.1) is 10.7 Å². The molecule has 5 nitrogen and oxygen atoms in total. The van der Waals surface area contributed by atoms with Gasteiger partial charge in [-0.1, -0.05) is 23.2 Å². The highest BCUT2D eigenvalue weighted by Gasteiger charge is 2.39. The molecule has 1 fully saturated rings. The normalized spacial score (nSPS) is 17.7. The van der Waals surface area contributed by atoms with Crippen molar-refractivity contribution in [1.29, 1.82) is 0 Å². The highest BCUT2D eigenvalue weighted by atomic mass is 35.5. The Hall–Kier alpha value is -1.30. The number of rotatable bonds is 6. The van der Waals surface area contributed by atoms with Crippen LogP contribution in [0.15, 0.2) is 18.2 Å². The lowest BCUT2D eigenvalue weighted by molar-refractivity contribution is -0.138. The first-order valence-electron chi connectivity index (χ1n) is 7.46. The molecule has 1 aromatic carbocycles. The Bertz CT molecular complexity index is 595. The van der Waals surface area contributed by atoms with Gasteiger partial charge < -0.3 is 14.5 Å². The van der Waals surface area contributed by atoms with Crippen molar-refractivity contribution in [3.63, 3.8) is 0 Å². The molecule has 1 unspecified atom stereocenters. The number of benzene rings is 1. The molecule has 2 rings (SSSR count). The maximum absolute atomic E-state index is 12.6. The summed E-state index contributed by atoms with van der Waals surface area (Å²) in [6.45, 7) is 1.61. The van der Waals surface area contributed by atoms with Crippen LogP contribution in [0, 0.1) is 5.92 Å². The maximum Gasteiger partial charge on any atom is 0.239 e. The molecule has 1 aliphatic heterocycles. The van der Waals surface area contributed by atoms with Gasteiger partial charge in [0.15, 0.2) is 0 Å². The Morgan fingerprint density at radius 2 is 2.17 bits per heavy atom. The third-order valence-electron chi connectivity index (χ3n) is 3.92. The maximum atomic E-state index is 12.6. The summed E-state index contributed by atoms with van der Waals surface area (Å²) < 4.78 is 4.98. The Kier molecular flexibility index (Phi) is 6.27. The number of amides is 2. The predicted octanol–water partition coefficient (Wildman–Crippen LogP) is 2.84. The van der Waals surface area contributed by atoms with Crippen molar-refractivity contribution in [1.82, 2.24) is 4.90 Å². The van der Waals surface area contributed by atoms with E-state index in [0.29, 0.717) is 41.8 Å². The molecule has 23 heavy (non-hydrogen) atoms. The van der Waals surface area contributed by atoms with Crippen LogP contribution in [-0.4, -0.2) is 50.6 Å². The van der Waals surface area contributed by atoms with Crippen LogP contribution in [0.2, 0.25) is 10.0 Å². The van der Waals surface area contributed by atoms with Crippen LogP contribution >= 0.6 is 23.2 Å². The summed E-state index contributed by atoms with van der Waals surface area (Å²) in [6, 6.07) is 4.97. The summed E-state index contributed by atoms with van der Waals surface area (Å²) >= 11 is 12.1. The lowest BCUT2D eigenvalue weighted by Crippen LogP contribution is -2.38. The zero-order valence-corrected chi connectivity index (χ0v) is 14.7. The predicted molar refractivity (Wildman–Crippen MR) is 91.1 cm³/mol. The van der Waals surface area contributed by atoms with Crippen LogP contribution in [-0.2, 0) is 14.3 Å². The quantitative estimate of drug-likeness (QED) is 0.580. The van der Waals surface area contributed by atoms with Crippen molar-refractivity contribution in [3.05, 3.63) is 28.2 Å². The van der Waals surface area contributed by atoms with Gasteiger partial charge in [0.1, 0.15) is 5.92 Å².